The first-order chi connectivity index (χ1) is 13.6. The molecule has 0 radical (unpaired) electrons. The molecule has 6 heteroatoms. The van der Waals surface area contributed by atoms with E-state index in [9.17, 15) is 13.6 Å². The van der Waals surface area contributed by atoms with Crippen molar-refractivity contribution in [2.45, 2.75) is 32.7 Å². The van der Waals surface area contributed by atoms with E-state index in [0.29, 0.717) is 18.8 Å². The standard InChI is InChI=1S/C22H21F2N3O/c1-2-26(14-15-5-3-6-17(24)13-15)22(28)21-19-7-4-8-20(19)27(25-21)18-11-9-16(23)10-12-18/h3,5-6,9-13H,2,4,7-8,14H2,1H3. The topological polar surface area (TPSA) is 38.1 Å². The van der Waals surface area contributed by atoms with Crippen molar-refractivity contribution in [3.63, 3.8) is 0 Å². The van der Waals surface area contributed by atoms with Gasteiger partial charge in [0, 0.05) is 24.3 Å². The molecule has 0 saturated heterocycles. The van der Waals surface area contributed by atoms with Gasteiger partial charge in [0.2, 0.25) is 0 Å². The Kier molecular flexibility index (Phi) is 4.94. The smallest absolute Gasteiger partial charge is 0.274 e. The summed E-state index contributed by atoms with van der Waals surface area (Å²) in [5, 5.41) is 4.59. The molecule has 0 unspecified atom stereocenters. The highest BCUT2D eigenvalue weighted by molar-refractivity contribution is 5.94. The van der Waals surface area contributed by atoms with Crippen LogP contribution in [-0.4, -0.2) is 27.1 Å². The lowest BCUT2D eigenvalue weighted by Crippen LogP contribution is -2.31. The highest BCUT2D eigenvalue weighted by Crippen LogP contribution is 2.29. The molecule has 0 aliphatic heterocycles. The summed E-state index contributed by atoms with van der Waals surface area (Å²) in [5.74, 6) is -0.788. The molecule has 3 aromatic rings. The van der Waals surface area contributed by atoms with Crippen molar-refractivity contribution in [1.82, 2.24) is 14.7 Å². The van der Waals surface area contributed by atoms with Crippen LogP contribution in [-0.2, 0) is 19.4 Å². The molecule has 4 rings (SSSR count). The van der Waals surface area contributed by atoms with Gasteiger partial charge in [0.05, 0.1) is 5.69 Å². The SMILES string of the molecule is CCN(Cc1cccc(F)c1)C(=O)c1nn(-c2ccc(F)cc2)c2c1CCC2. The molecule has 1 heterocycles. The van der Waals surface area contributed by atoms with Crippen LogP contribution in [0.2, 0.25) is 0 Å². The normalized spacial score (nSPS) is 12.8. The average molecular weight is 381 g/mol. The van der Waals surface area contributed by atoms with Gasteiger partial charge in [-0.3, -0.25) is 4.79 Å². The van der Waals surface area contributed by atoms with Crippen LogP contribution in [0.3, 0.4) is 0 Å². The van der Waals surface area contributed by atoms with Gasteiger partial charge in [-0.05, 0) is 68.1 Å². The van der Waals surface area contributed by atoms with Gasteiger partial charge < -0.3 is 4.90 Å². The van der Waals surface area contributed by atoms with E-state index in [4.69, 9.17) is 0 Å². The van der Waals surface area contributed by atoms with E-state index in [2.05, 4.69) is 5.10 Å². The third-order valence-electron chi connectivity index (χ3n) is 5.14. The molecular weight excluding hydrogens is 360 g/mol. The second kappa shape index (κ2) is 7.54. The number of aromatic nitrogens is 2. The fourth-order valence-corrected chi connectivity index (χ4v) is 3.74. The maximum Gasteiger partial charge on any atom is 0.274 e. The van der Waals surface area contributed by atoms with Crippen molar-refractivity contribution in [2.75, 3.05) is 6.54 Å². The minimum atomic E-state index is -0.317. The zero-order chi connectivity index (χ0) is 19.7. The quantitative estimate of drug-likeness (QED) is 0.661. The van der Waals surface area contributed by atoms with Gasteiger partial charge in [-0.25, -0.2) is 13.5 Å². The molecule has 0 bridgehead atoms. The van der Waals surface area contributed by atoms with E-state index in [0.717, 1.165) is 41.8 Å². The zero-order valence-corrected chi connectivity index (χ0v) is 15.7. The number of rotatable bonds is 5. The number of hydrogen-bond donors (Lipinski definition) is 0. The lowest BCUT2D eigenvalue weighted by atomic mass is 10.1. The van der Waals surface area contributed by atoms with Crippen LogP contribution in [0.15, 0.2) is 48.5 Å². The van der Waals surface area contributed by atoms with Gasteiger partial charge in [-0.2, -0.15) is 5.10 Å². The minimum Gasteiger partial charge on any atom is -0.333 e. The number of nitrogens with zero attached hydrogens (tertiary/aromatic N) is 3. The molecule has 1 aliphatic rings. The Bertz CT molecular complexity index is 1010. The van der Waals surface area contributed by atoms with Crippen LogP contribution >= 0.6 is 0 Å². The van der Waals surface area contributed by atoms with E-state index in [-0.39, 0.29) is 17.5 Å². The van der Waals surface area contributed by atoms with Gasteiger partial charge in [-0.15, -0.1) is 0 Å². The third kappa shape index (κ3) is 3.42. The first kappa shape index (κ1) is 18.3. The monoisotopic (exact) mass is 381 g/mol. The van der Waals surface area contributed by atoms with Crippen LogP contribution in [0.4, 0.5) is 8.78 Å². The summed E-state index contributed by atoms with van der Waals surface area (Å²) in [6.07, 6.45) is 2.60. The van der Waals surface area contributed by atoms with Crippen molar-refractivity contribution in [1.29, 1.82) is 0 Å². The van der Waals surface area contributed by atoms with E-state index in [1.807, 2.05) is 6.92 Å². The number of benzene rings is 2. The predicted octanol–water partition coefficient (Wildman–Crippen LogP) is 4.30. The third-order valence-corrected chi connectivity index (χ3v) is 5.14. The van der Waals surface area contributed by atoms with Crippen LogP contribution < -0.4 is 0 Å². The summed E-state index contributed by atoms with van der Waals surface area (Å²) >= 11 is 0. The van der Waals surface area contributed by atoms with Crippen molar-refractivity contribution in [3.8, 4) is 5.69 Å². The van der Waals surface area contributed by atoms with Gasteiger partial charge in [-0.1, -0.05) is 12.1 Å². The molecule has 0 N–H and O–H groups in total. The first-order valence-corrected chi connectivity index (χ1v) is 9.47. The number of carbonyl (C=O) groups is 1. The van der Waals surface area contributed by atoms with Gasteiger partial charge in [0.25, 0.3) is 5.91 Å². The summed E-state index contributed by atoms with van der Waals surface area (Å²) < 4.78 is 28.5. The second-order valence-corrected chi connectivity index (χ2v) is 6.96. The van der Waals surface area contributed by atoms with E-state index in [1.54, 1.807) is 33.8 Å². The lowest BCUT2D eigenvalue weighted by Gasteiger charge is -2.20. The molecule has 2 aromatic carbocycles. The Morgan fingerprint density at radius 1 is 1.11 bits per heavy atom. The summed E-state index contributed by atoms with van der Waals surface area (Å²) in [6, 6.07) is 12.4. The molecule has 0 saturated carbocycles. The summed E-state index contributed by atoms with van der Waals surface area (Å²) in [7, 11) is 0. The first-order valence-electron chi connectivity index (χ1n) is 9.47. The average Bonchev–Trinajstić information content (AvgIpc) is 3.29. The highest BCUT2D eigenvalue weighted by Gasteiger charge is 2.29. The molecule has 0 spiro atoms. The molecule has 1 aromatic heterocycles. The number of halogens is 2. The van der Waals surface area contributed by atoms with E-state index >= 15 is 0 Å². The number of amides is 1. The molecular formula is C22H21F2N3O. The maximum atomic E-state index is 13.5. The predicted molar refractivity (Wildman–Crippen MR) is 102 cm³/mol. The molecule has 0 fully saturated rings. The van der Waals surface area contributed by atoms with E-state index in [1.165, 1.54) is 24.3 Å². The van der Waals surface area contributed by atoms with Crippen molar-refractivity contribution < 1.29 is 13.6 Å². The van der Waals surface area contributed by atoms with Crippen LogP contribution in [0.1, 0.15) is 40.7 Å². The van der Waals surface area contributed by atoms with Gasteiger partial charge in [0.15, 0.2) is 5.69 Å². The van der Waals surface area contributed by atoms with Crippen LogP contribution in [0.25, 0.3) is 5.69 Å². The zero-order valence-electron chi connectivity index (χ0n) is 15.7. The molecule has 1 aliphatic carbocycles. The Morgan fingerprint density at radius 3 is 2.61 bits per heavy atom. The van der Waals surface area contributed by atoms with Crippen LogP contribution in [0, 0.1) is 11.6 Å². The Labute approximate surface area is 162 Å². The molecule has 0 atom stereocenters. The van der Waals surface area contributed by atoms with Crippen LogP contribution in [0.5, 0.6) is 0 Å². The maximum absolute atomic E-state index is 13.5. The highest BCUT2D eigenvalue weighted by atomic mass is 19.1. The van der Waals surface area contributed by atoms with Gasteiger partial charge >= 0.3 is 0 Å². The fraction of sp³-hybridized carbons (Fsp3) is 0.273. The van der Waals surface area contributed by atoms with Crippen molar-refractivity contribution in [2.24, 2.45) is 0 Å². The molecule has 28 heavy (non-hydrogen) atoms. The Balaban J connectivity index is 1.67. The molecule has 1 amide bonds. The largest absolute Gasteiger partial charge is 0.333 e. The summed E-state index contributed by atoms with van der Waals surface area (Å²) in [6.45, 7) is 2.72. The molecule has 4 nitrogen and oxygen atoms in total. The number of carbonyl (C=O) groups excluding carboxylic acids is 1. The Hall–Kier alpha value is -3.02. The van der Waals surface area contributed by atoms with Crippen molar-refractivity contribution >= 4 is 5.91 Å². The Morgan fingerprint density at radius 2 is 1.89 bits per heavy atom. The summed E-state index contributed by atoms with van der Waals surface area (Å²) in [5.41, 5.74) is 3.90. The van der Waals surface area contributed by atoms with Crippen molar-refractivity contribution in [3.05, 3.63) is 82.7 Å². The minimum absolute atomic E-state index is 0.161. The summed E-state index contributed by atoms with van der Waals surface area (Å²) in [4.78, 5) is 14.9. The second-order valence-electron chi connectivity index (χ2n) is 6.96. The lowest BCUT2D eigenvalue weighted by molar-refractivity contribution is 0.0745. The fourth-order valence-electron chi connectivity index (χ4n) is 3.74. The van der Waals surface area contributed by atoms with Gasteiger partial charge in [0.1, 0.15) is 11.6 Å². The molecule has 144 valence electrons. The van der Waals surface area contributed by atoms with E-state index < -0.39 is 0 Å². The number of hydrogen-bond acceptors (Lipinski definition) is 2. The number of fused-ring (bicyclic) bond motifs is 1.